The molecule has 19 heteroatoms. The zero-order valence-electron chi connectivity index (χ0n) is 21.8. The largest absolute Gasteiger partial charge is 0.464 e. The quantitative estimate of drug-likeness (QED) is 0.0665. The van der Waals surface area contributed by atoms with E-state index in [4.69, 9.17) is 0 Å². The van der Waals surface area contributed by atoms with Crippen LogP contribution in [0.15, 0.2) is 12.7 Å². The van der Waals surface area contributed by atoms with E-state index in [0.29, 0.717) is 18.9 Å². The maximum absolute atomic E-state index is 14.1. The van der Waals surface area contributed by atoms with E-state index < -0.39 is 72.7 Å². The zero-order valence-corrected chi connectivity index (χ0v) is 21.8. The minimum absolute atomic E-state index is 0.195. The van der Waals surface area contributed by atoms with Gasteiger partial charge in [0.25, 0.3) is 5.91 Å². The van der Waals surface area contributed by atoms with Gasteiger partial charge in [-0.2, -0.15) is 65.9 Å². The molecule has 0 aromatic rings. The van der Waals surface area contributed by atoms with E-state index >= 15 is 0 Å². The molecule has 0 heterocycles. The minimum Gasteiger partial charge on any atom is -0.464 e. The lowest BCUT2D eigenvalue weighted by molar-refractivity contribution is -0.449. The second-order valence-electron chi connectivity index (χ2n) is 9.14. The molecule has 4 nitrogen and oxygen atoms in total. The molecule has 0 saturated carbocycles. The molecule has 1 atom stereocenters. The maximum atomic E-state index is 14.1. The topological polar surface area (TPSA) is 55.4 Å². The molecule has 0 radical (unpaired) electrons. The third-order valence-corrected chi connectivity index (χ3v) is 5.85. The first-order valence-corrected chi connectivity index (χ1v) is 12.2. The highest BCUT2D eigenvalue weighted by Crippen LogP contribution is 2.62. The number of amides is 1. The van der Waals surface area contributed by atoms with Crippen molar-refractivity contribution in [3.8, 4) is 0 Å². The Hall–Kier alpha value is -2.37. The van der Waals surface area contributed by atoms with Gasteiger partial charge in [-0.3, -0.25) is 4.79 Å². The first-order valence-electron chi connectivity index (χ1n) is 12.2. The second-order valence-corrected chi connectivity index (χ2v) is 9.14. The van der Waals surface area contributed by atoms with Crippen molar-refractivity contribution in [2.45, 2.75) is 112 Å². The second kappa shape index (κ2) is 14.4. The highest BCUT2D eigenvalue weighted by molar-refractivity contribution is 5.89. The van der Waals surface area contributed by atoms with Crippen molar-refractivity contribution in [3.63, 3.8) is 0 Å². The van der Waals surface area contributed by atoms with Gasteiger partial charge in [0.1, 0.15) is 6.04 Å². The van der Waals surface area contributed by atoms with Gasteiger partial charge in [0, 0.05) is 0 Å². The molecule has 1 unspecified atom stereocenters. The van der Waals surface area contributed by atoms with Crippen molar-refractivity contribution in [1.29, 1.82) is 0 Å². The molecule has 248 valence electrons. The van der Waals surface area contributed by atoms with Gasteiger partial charge >= 0.3 is 47.7 Å². The summed E-state index contributed by atoms with van der Waals surface area (Å²) in [4.78, 5) is 23.8. The van der Waals surface area contributed by atoms with E-state index in [0.717, 1.165) is 37.4 Å². The van der Waals surface area contributed by atoms with Gasteiger partial charge in [0.15, 0.2) is 0 Å². The molecule has 1 N–H and O–H groups in total. The third-order valence-electron chi connectivity index (χ3n) is 5.85. The number of halogens is 15. The van der Waals surface area contributed by atoms with Gasteiger partial charge in [0.2, 0.25) is 0 Å². The van der Waals surface area contributed by atoms with Crippen LogP contribution >= 0.6 is 0 Å². The van der Waals surface area contributed by atoms with Crippen LogP contribution in [0.25, 0.3) is 0 Å². The van der Waals surface area contributed by atoms with Crippen LogP contribution in [-0.4, -0.2) is 66.2 Å². The number of alkyl halides is 15. The zero-order chi connectivity index (χ0) is 33.4. The number of carbonyl (C=O) groups excluding carboxylic acids is 2. The Bertz CT molecular complexity index is 904. The van der Waals surface area contributed by atoms with Crippen molar-refractivity contribution < 1.29 is 80.2 Å². The number of ether oxygens (including phenoxy) is 1. The average Bonchev–Trinajstić information content (AvgIpc) is 2.85. The first-order chi connectivity index (χ1) is 18.8. The fourth-order valence-electron chi connectivity index (χ4n) is 3.25. The van der Waals surface area contributed by atoms with Crippen LogP contribution in [0, 0.1) is 0 Å². The molecule has 0 fully saturated rings. The van der Waals surface area contributed by atoms with Crippen molar-refractivity contribution in [1.82, 2.24) is 5.32 Å². The summed E-state index contributed by atoms with van der Waals surface area (Å²) >= 11 is 0. The molecule has 42 heavy (non-hydrogen) atoms. The van der Waals surface area contributed by atoms with E-state index in [1.165, 1.54) is 0 Å². The number of hydrogen-bond donors (Lipinski definition) is 1. The van der Waals surface area contributed by atoms with E-state index in [9.17, 15) is 75.4 Å². The fraction of sp³-hybridized carbons (Fsp3) is 0.826. The molecule has 0 aliphatic carbocycles. The Kier molecular flexibility index (Phi) is 13.6. The summed E-state index contributed by atoms with van der Waals surface area (Å²) in [5.41, 5.74) is 0. The SMILES string of the molecule is C=CCC(NC(=O)C(F)(F)C(F)(F)C(F)(F)C(F)(F)C(F)(F)C(F)(F)C(F)(F)F)C(=O)OCCCCCCCCCC. The monoisotopic (exact) mass is 651 g/mol. The number of nitrogens with one attached hydrogen (secondary N) is 1. The molecule has 0 aromatic carbocycles. The lowest BCUT2D eigenvalue weighted by atomic mass is 9.90. The number of rotatable bonds is 19. The van der Waals surface area contributed by atoms with Gasteiger partial charge in [0.05, 0.1) is 6.61 Å². The smallest absolute Gasteiger partial charge is 0.460 e. The van der Waals surface area contributed by atoms with Crippen molar-refractivity contribution in [3.05, 3.63) is 12.7 Å². The van der Waals surface area contributed by atoms with Crippen LogP contribution in [0.4, 0.5) is 65.9 Å². The van der Waals surface area contributed by atoms with Crippen LogP contribution in [0.5, 0.6) is 0 Å². The summed E-state index contributed by atoms with van der Waals surface area (Å²) in [6.45, 7) is 4.63. The van der Waals surface area contributed by atoms with E-state index in [-0.39, 0.29) is 6.42 Å². The number of unbranched alkanes of at least 4 members (excludes halogenated alkanes) is 7. The summed E-state index contributed by atoms with van der Waals surface area (Å²) in [5, 5.41) is 0.753. The van der Waals surface area contributed by atoms with Crippen molar-refractivity contribution in [2.24, 2.45) is 0 Å². The van der Waals surface area contributed by atoms with Gasteiger partial charge in [-0.05, 0) is 12.8 Å². The molecule has 1 amide bonds. The summed E-state index contributed by atoms with van der Waals surface area (Å²) in [6, 6.07) is -2.39. The Morgan fingerprint density at radius 1 is 0.667 bits per heavy atom. The lowest BCUT2D eigenvalue weighted by Crippen LogP contribution is -2.74. The Labute approximate surface area is 230 Å². The molecule has 0 bridgehead atoms. The van der Waals surface area contributed by atoms with Crippen LogP contribution in [-0.2, 0) is 14.3 Å². The lowest BCUT2D eigenvalue weighted by Gasteiger charge is -2.41. The van der Waals surface area contributed by atoms with Crippen LogP contribution in [0.1, 0.15) is 64.7 Å². The standard InChI is InChI=1S/C23H28F15NO3/c1-3-5-6-7-8-9-10-11-13-42-15(40)14(12-4-2)39-16(41)17(24,25)18(26,27)19(28,29)20(30,31)21(32,33)22(34,35)23(36,37)38/h4,14H,2-3,5-13H2,1H3,(H,39,41). The summed E-state index contributed by atoms with van der Waals surface area (Å²) < 4.78 is 204. The molecular formula is C23H28F15NO3. The third kappa shape index (κ3) is 7.96. The van der Waals surface area contributed by atoms with Gasteiger partial charge in [-0.25, -0.2) is 4.79 Å². The molecule has 0 spiro atoms. The predicted molar refractivity (Wildman–Crippen MR) is 116 cm³/mol. The highest BCUT2D eigenvalue weighted by Gasteiger charge is 2.94. The molecular weight excluding hydrogens is 623 g/mol. The Morgan fingerprint density at radius 3 is 1.50 bits per heavy atom. The van der Waals surface area contributed by atoms with Crippen molar-refractivity contribution >= 4 is 11.9 Å². The highest BCUT2D eigenvalue weighted by atomic mass is 19.4. The maximum Gasteiger partial charge on any atom is 0.460 e. The number of esters is 1. The first kappa shape index (κ1) is 39.6. The van der Waals surface area contributed by atoms with Crippen molar-refractivity contribution in [2.75, 3.05) is 6.61 Å². The minimum atomic E-state index is -8.53. The van der Waals surface area contributed by atoms with Crippen LogP contribution < -0.4 is 5.32 Å². The Balaban J connectivity index is 5.75. The molecule has 0 rings (SSSR count). The molecule has 0 saturated heterocycles. The predicted octanol–water partition coefficient (Wildman–Crippen LogP) is 8.11. The van der Waals surface area contributed by atoms with Crippen LogP contribution in [0.3, 0.4) is 0 Å². The molecule has 0 aromatic heterocycles. The van der Waals surface area contributed by atoms with E-state index in [1.807, 2.05) is 6.92 Å². The van der Waals surface area contributed by atoms with Gasteiger partial charge in [-0.1, -0.05) is 57.9 Å². The van der Waals surface area contributed by atoms with Crippen LogP contribution in [0.2, 0.25) is 0 Å². The fourth-order valence-corrected chi connectivity index (χ4v) is 3.25. The van der Waals surface area contributed by atoms with Gasteiger partial charge in [-0.15, -0.1) is 6.58 Å². The van der Waals surface area contributed by atoms with E-state index in [2.05, 4.69) is 11.3 Å². The molecule has 0 aliphatic rings. The van der Waals surface area contributed by atoms with Gasteiger partial charge < -0.3 is 10.1 Å². The van der Waals surface area contributed by atoms with E-state index in [1.54, 1.807) is 0 Å². The Morgan fingerprint density at radius 2 is 1.07 bits per heavy atom. The average molecular weight is 651 g/mol. The summed E-state index contributed by atoms with van der Waals surface area (Å²) in [5.74, 6) is -54.0. The summed E-state index contributed by atoms with van der Waals surface area (Å²) in [7, 11) is 0. The molecule has 0 aliphatic heterocycles. The number of hydrogen-bond acceptors (Lipinski definition) is 3. The number of carbonyl (C=O) groups is 2. The summed E-state index contributed by atoms with van der Waals surface area (Å²) in [6.07, 6.45) is -1.78. The normalized spacial score (nSPS) is 14.9.